The van der Waals surface area contributed by atoms with Crippen LogP contribution in [0.5, 0.6) is 0 Å². The summed E-state index contributed by atoms with van der Waals surface area (Å²) in [5.41, 5.74) is -1.11. The first-order valence-electron chi connectivity index (χ1n) is 5.26. The molecule has 0 rings (SSSR count). The van der Waals surface area contributed by atoms with E-state index in [-0.39, 0.29) is 13.0 Å². The first-order valence-corrected chi connectivity index (χ1v) is 5.26. The number of carboxylic acids is 1. The van der Waals surface area contributed by atoms with Crippen molar-refractivity contribution in [2.24, 2.45) is 0 Å². The number of rotatable bonds is 9. The molecule has 0 aromatic carbocycles. The summed E-state index contributed by atoms with van der Waals surface area (Å²) in [7, 11) is 0. The van der Waals surface area contributed by atoms with Crippen molar-refractivity contribution in [1.29, 1.82) is 0 Å². The van der Waals surface area contributed by atoms with Crippen LogP contribution in [-0.2, 0) is 9.53 Å². The molecule has 1 atom stereocenters. The molecule has 0 amide bonds. The summed E-state index contributed by atoms with van der Waals surface area (Å²) in [6, 6.07) is 0. The lowest BCUT2D eigenvalue weighted by molar-refractivity contribution is -0.145. The maximum Gasteiger partial charge on any atom is 0.323 e. The van der Waals surface area contributed by atoms with Crippen molar-refractivity contribution in [2.75, 3.05) is 19.8 Å². The van der Waals surface area contributed by atoms with Gasteiger partial charge in [0, 0.05) is 6.61 Å². The topological polar surface area (TPSA) is 58.6 Å². The number of hydrogen-bond acceptors (Lipinski definition) is 3. The molecule has 0 aliphatic heterocycles. The zero-order valence-corrected chi connectivity index (χ0v) is 9.63. The number of halogens is 2. The Kier molecular flexibility index (Phi) is 7.16. The molecule has 16 heavy (non-hydrogen) atoms. The lowest BCUT2D eigenvalue weighted by Gasteiger charge is -2.26. The first kappa shape index (κ1) is 15.2. The zero-order chi connectivity index (χ0) is 12.6. The molecule has 1 unspecified atom stereocenters. The van der Waals surface area contributed by atoms with Crippen LogP contribution in [0.25, 0.3) is 0 Å². The molecule has 0 aliphatic carbocycles. The molecule has 6 heteroatoms. The second-order valence-corrected chi connectivity index (χ2v) is 3.78. The van der Waals surface area contributed by atoms with Crippen LogP contribution >= 0.6 is 0 Å². The highest BCUT2D eigenvalue weighted by Crippen LogP contribution is 2.10. The van der Waals surface area contributed by atoms with E-state index in [1.807, 2.05) is 6.92 Å². The van der Waals surface area contributed by atoms with Gasteiger partial charge in [0.2, 0.25) is 0 Å². The third-order valence-electron chi connectivity index (χ3n) is 2.23. The van der Waals surface area contributed by atoms with E-state index in [1.165, 1.54) is 6.92 Å². The van der Waals surface area contributed by atoms with E-state index in [2.05, 4.69) is 10.1 Å². The second kappa shape index (κ2) is 7.51. The molecule has 4 nitrogen and oxygen atoms in total. The molecule has 2 N–H and O–H groups in total. The minimum absolute atomic E-state index is 0.00382. The minimum Gasteiger partial charge on any atom is -0.480 e. The fourth-order valence-corrected chi connectivity index (χ4v) is 1.12. The van der Waals surface area contributed by atoms with Gasteiger partial charge in [-0.25, -0.2) is 8.78 Å². The van der Waals surface area contributed by atoms with Crippen LogP contribution in [0.3, 0.4) is 0 Å². The largest absolute Gasteiger partial charge is 0.480 e. The van der Waals surface area contributed by atoms with Crippen molar-refractivity contribution in [2.45, 2.75) is 38.7 Å². The van der Waals surface area contributed by atoms with Crippen molar-refractivity contribution in [3.8, 4) is 0 Å². The molecule has 0 aromatic heterocycles. The van der Waals surface area contributed by atoms with E-state index < -0.39 is 24.5 Å². The summed E-state index contributed by atoms with van der Waals surface area (Å²) in [5, 5.41) is 11.9. The van der Waals surface area contributed by atoms with Gasteiger partial charge >= 0.3 is 5.97 Å². The van der Waals surface area contributed by atoms with Crippen LogP contribution in [0, 0.1) is 0 Å². The Morgan fingerprint density at radius 2 is 2.19 bits per heavy atom. The summed E-state index contributed by atoms with van der Waals surface area (Å²) < 4.78 is 28.2. The smallest absolute Gasteiger partial charge is 0.323 e. The van der Waals surface area contributed by atoms with Crippen molar-refractivity contribution in [3.63, 3.8) is 0 Å². The maximum atomic E-state index is 11.8. The highest BCUT2D eigenvalue weighted by molar-refractivity contribution is 5.78. The van der Waals surface area contributed by atoms with Crippen molar-refractivity contribution in [3.05, 3.63) is 0 Å². The average molecular weight is 239 g/mol. The van der Waals surface area contributed by atoms with Gasteiger partial charge in [-0.2, -0.15) is 0 Å². The quantitative estimate of drug-likeness (QED) is 0.599. The van der Waals surface area contributed by atoms with E-state index >= 15 is 0 Å². The highest BCUT2D eigenvalue weighted by Gasteiger charge is 2.31. The summed E-state index contributed by atoms with van der Waals surface area (Å²) >= 11 is 0. The van der Waals surface area contributed by atoms with Crippen molar-refractivity contribution >= 4 is 5.97 Å². The first-order chi connectivity index (χ1) is 7.42. The minimum atomic E-state index is -2.51. The van der Waals surface area contributed by atoms with Gasteiger partial charge in [0.05, 0.1) is 0 Å². The molecule has 96 valence electrons. The standard InChI is InChI=1S/C10H19F2NO3/c1-3-5-13-10(2,9(14)15)4-6-16-7-8(11)12/h8,13H,3-7H2,1-2H3,(H,14,15). The molecule has 0 fully saturated rings. The molecule has 0 heterocycles. The van der Waals surface area contributed by atoms with Crippen LogP contribution < -0.4 is 5.32 Å². The Labute approximate surface area is 94.0 Å². The molecular weight excluding hydrogens is 220 g/mol. The van der Waals surface area contributed by atoms with E-state index in [9.17, 15) is 13.6 Å². The normalized spacial score (nSPS) is 15.1. The van der Waals surface area contributed by atoms with Gasteiger partial charge in [-0.05, 0) is 26.3 Å². The second-order valence-electron chi connectivity index (χ2n) is 3.78. The maximum absolute atomic E-state index is 11.8. The van der Waals surface area contributed by atoms with Crippen LogP contribution in [-0.4, -0.2) is 42.8 Å². The summed E-state index contributed by atoms with van der Waals surface area (Å²) in [6.07, 6.45) is -1.55. The van der Waals surface area contributed by atoms with Crippen LogP contribution in [0.4, 0.5) is 8.78 Å². The Hall–Kier alpha value is -0.750. The number of alkyl halides is 2. The van der Waals surface area contributed by atoms with Crippen LogP contribution in [0.2, 0.25) is 0 Å². The predicted molar refractivity (Wildman–Crippen MR) is 55.8 cm³/mol. The van der Waals surface area contributed by atoms with Gasteiger partial charge in [-0.3, -0.25) is 4.79 Å². The van der Waals surface area contributed by atoms with Crippen LogP contribution in [0.15, 0.2) is 0 Å². The van der Waals surface area contributed by atoms with Crippen molar-refractivity contribution < 1.29 is 23.4 Å². The molecule has 0 bridgehead atoms. The molecule has 0 saturated heterocycles. The molecule has 0 aromatic rings. The van der Waals surface area contributed by atoms with Gasteiger partial charge in [0.25, 0.3) is 6.43 Å². The Morgan fingerprint density at radius 3 is 2.62 bits per heavy atom. The van der Waals surface area contributed by atoms with E-state index in [4.69, 9.17) is 5.11 Å². The molecule has 0 radical (unpaired) electrons. The fraction of sp³-hybridized carbons (Fsp3) is 0.900. The molecule has 0 aliphatic rings. The van der Waals surface area contributed by atoms with E-state index in [1.54, 1.807) is 0 Å². The monoisotopic (exact) mass is 239 g/mol. The number of carbonyl (C=O) groups is 1. The summed E-state index contributed by atoms with van der Waals surface area (Å²) in [4.78, 5) is 11.0. The highest BCUT2D eigenvalue weighted by atomic mass is 19.3. The van der Waals surface area contributed by atoms with Gasteiger partial charge in [-0.15, -0.1) is 0 Å². The van der Waals surface area contributed by atoms with Gasteiger partial charge < -0.3 is 15.2 Å². The SMILES string of the molecule is CCCNC(C)(CCOCC(F)F)C(=O)O. The third kappa shape index (κ3) is 5.97. The van der Waals surface area contributed by atoms with Gasteiger partial charge in [-0.1, -0.05) is 6.92 Å². The van der Waals surface area contributed by atoms with Gasteiger partial charge in [0.1, 0.15) is 12.1 Å². The summed E-state index contributed by atoms with van der Waals surface area (Å²) in [6.45, 7) is 3.37. The number of ether oxygens (including phenoxy) is 1. The van der Waals surface area contributed by atoms with E-state index in [0.717, 1.165) is 6.42 Å². The number of nitrogens with one attached hydrogen (secondary N) is 1. The lowest BCUT2D eigenvalue weighted by Crippen LogP contribution is -2.50. The molecule has 0 saturated carbocycles. The number of carboxylic acid groups (broad SMARTS) is 1. The Balaban J connectivity index is 3.98. The number of aliphatic carboxylic acids is 1. The Bertz CT molecular complexity index is 214. The zero-order valence-electron chi connectivity index (χ0n) is 9.63. The van der Waals surface area contributed by atoms with Crippen molar-refractivity contribution in [1.82, 2.24) is 5.32 Å². The van der Waals surface area contributed by atoms with E-state index in [0.29, 0.717) is 6.54 Å². The lowest BCUT2D eigenvalue weighted by atomic mass is 9.98. The Morgan fingerprint density at radius 1 is 1.56 bits per heavy atom. The molecular formula is C10H19F2NO3. The van der Waals surface area contributed by atoms with Gasteiger partial charge in [0.15, 0.2) is 0 Å². The average Bonchev–Trinajstić information content (AvgIpc) is 2.21. The predicted octanol–water partition coefficient (Wildman–Crippen LogP) is 1.50. The summed E-state index contributed by atoms with van der Waals surface area (Å²) in [5.74, 6) is -0.999. The fourth-order valence-electron chi connectivity index (χ4n) is 1.12. The number of hydrogen-bond donors (Lipinski definition) is 2. The van der Waals surface area contributed by atoms with Crippen LogP contribution in [0.1, 0.15) is 26.7 Å². The molecule has 0 spiro atoms. The third-order valence-corrected chi connectivity index (χ3v) is 2.23.